The summed E-state index contributed by atoms with van der Waals surface area (Å²) in [5, 5.41) is 11.4. The molecule has 33 heavy (non-hydrogen) atoms. The fourth-order valence-corrected chi connectivity index (χ4v) is 4.30. The third-order valence-corrected chi connectivity index (χ3v) is 6.07. The number of esters is 1. The first-order chi connectivity index (χ1) is 16.0. The molecule has 0 saturated heterocycles. The largest absolute Gasteiger partial charge is 0.504 e. The number of carbonyl (C=O) groups is 1. The number of aromatic hydroxyl groups is 1. The number of phenolic OH excluding ortho intramolecular Hbond substituents is 1. The lowest BCUT2D eigenvalue weighted by Gasteiger charge is -2.16. The molecule has 0 aliphatic rings. The molecule has 0 bridgehead atoms. The van der Waals surface area contributed by atoms with Crippen molar-refractivity contribution in [3.05, 3.63) is 77.8 Å². The molecular formula is C24H22FN3O4S. The second-order valence-corrected chi connectivity index (χ2v) is 8.20. The van der Waals surface area contributed by atoms with Crippen molar-refractivity contribution >= 4 is 28.6 Å². The molecule has 7 nitrogen and oxygen atoms in total. The molecule has 4 rings (SSSR count). The maximum absolute atomic E-state index is 13.2. The number of carbonyl (C=O) groups excluding carboxylic acids is 1. The third kappa shape index (κ3) is 4.93. The van der Waals surface area contributed by atoms with E-state index >= 15 is 0 Å². The second-order valence-electron chi connectivity index (χ2n) is 7.15. The highest BCUT2D eigenvalue weighted by atomic mass is 32.2. The molecule has 0 unspecified atom stereocenters. The lowest BCUT2D eigenvalue weighted by molar-refractivity contribution is 0.0525. The molecular weight excluding hydrogens is 445 g/mol. The van der Waals surface area contributed by atoms with Crippen molar-refractivity contribution in [2.24, 2.45) is 0 Å². The number of phenols is 1. The topological polar surface area (TPSA) is 86.5 Å². The quantitative estimate of drug-likeness (QED) is 0.294. The Bertz CT molecular complexity index is 1280. The first-order valence-electron chi connectivity index (χ1n) is 10.2. The number of ether oxygens (including phenoxy) is 2. The first-order valence-corrected chi connectivity index (χ1v) is 11.2. The molecule has 0 spiro atoms. The predicted octanol–water partition coefficient (Wildman–Crippen LogP) is 4.80. The number of thioether (sulfide) groups is 1. The molecule has 2 aromatic heterocycles. The van der Waals surface area contributed by atoms with E-state index in [0.717, 1.165) is 4.90 Å². The Kier molecular flexibility index (Phi) is 6.79. The summed E-state index contributed by atoms with van der Waals surface area (Å²) in [6.07, 6.45) is 5.06. The van der Waals surface area contributed by atoms with E-state index in [-0.39, 0.29) is 23.9 Å². The maximum Gasteiger partial charge on any atom is 0.340 e. The smallest absolute Gasteiger partial charge is 0.340 e. The van der Waals surface area contributed by atoms with Crippen molar-refractivity contribution in [3.8, 4) is 11.5 Å². The monoisotopic (exact) mass is 467 g/mol. The van der Waals surface area contributed by atoms with E-state index in [1.807, 2.05) is 0 Å². The Balaban J connectivity index is 1.82. The zero-order valence-electron chi connectivity index (χ0n) is 18.1. The molecule has 0 atom stereocenters. The molecule has 0 aliphatic carbocycles. The highest BCUT2D eigenvalue weighted by molar-refractivity contribution is 7.98. The summed E-state index contributed by atoms with van der Waals surface area (Å²) >= 11 is 1.43. The number of hydrogen-bond acceptors (Lipinski definition) is 7. The lowest BCUT2D eigenvalue weighted by atomic mass is 10.0. The van der Waals surface area contributed by atoms with Crippen LogP contribution in [0.25, 0.3) is 10.9 Å². The molecule has 170 valence electrons. The number of aromatic nitrogens is 3. The molecule has 1 N–H and O–H groups in total. The van der Waals surface area contributed by atoms with E-state index < -0.39 is 5.97 Å². The fraction of sp³-hybridized carbons (Fsp3) is 0.208. The maximum atomic E-state index is 13.2. The average molecular weight is 468 g/mol. The number of imidazole rings is 1. The van der Waals surface area contributed by atoms with Gasteiger partial charge >= 0.3 is 5.97 Å². The number of methoxy groups -OCH3 is 1. The van der Waals surface area contributed by atoms with Gasteiger partial charge in [0, 0.05) is 40.1 Å². The van der Waals surface area contributed by atoms with Crippen LogP contribution in [0.3, 0.4) is 0 Å². The predicted molar refractivity (Wildman–Crippen MR) is 123 cm³/mol. The van der Waals surface area contributed by atoms with E-state index in [1.54, 1.807) is 54.5 Å². The van der Waals surface area contributed by atoms with Crippen molar-refractivity contribution in [3.63, 3.8) is 0 Å². The molecule has 2 heterocycles. The van der Waals surface area contributed by atoms with Crippen molar-refractivity contribution < 1.29 is 23.8 Å². The van der Waals surface area contributed by atoms with Gasteiger partial charge in [-0.3, -0.25) is 4.98 Å². The van der Waals surface area contributed by atoms with Gasteiger partial charge in [-0.25, -0.2) is 14.2 Å². The van der Waals surface area contributed by atoms with Crippen LogP contribution in [0.15, 0.2) is 60.0 Å². The normalized spacial score (nSPS) is 11.0. The van der Waals surface area contributed by atoms with Crippen molar-refractivity contribution in [2.45, 2.75) is 24.1 Å². The molecule has 2 aromatic carbocycles. The Morgan fingerprint density at radius 2 is 2.03 bits per heavy atom. The zero-order chi connectivity index (χ0) is 23.4. The van der Waals surface area contributed by atoms with Crippen LogP contribution in [0.2, 0.25) is 0 Å². The summed E-state index contributed by atoms with van der Waals surface area (Å²) in [7, 11) is 1.47. The average Bonchev–Trinajstić information content (AvgIpc) is 3.33. The van der Waals surface area contributed by atoms with Crippen molar-refractivity contribution in [1.82, 2.24) is 14.5 Å². The lowest BCUT2D eigenvalue weighted by Crippen LogP contribution is -2.10. The van der Waals surface area contributed by atoms with Gasteiger partial charge in [0.25, 0.3) is 0 Å². The van der Waals surface area contributed by atoms with Crippen LogP contribution in [0.4, 0.5) is 4.39 Å². The summed E-state index contributed by atoms with van der Waals surface area (Å²) in [5.41, 5.74) is 1.97. The number of halogens is 1. The minimum atomic E-state index is -0.495. The van der Waals surface area contributed by atoms with Crippen molar-refractivity contribution in [2.75, 3.05) is 13.7 Å². The summed E-state index contributed by atoms with van der Waals surface area (Å²) in [6.45, 7) is 2.27. The number of rotatable bonds is 8. The van der Waals surface area contributed by atoms with Gasteiger partial charge in [-0.1, -0.05) is 0 Å². The van der Waals surface area contributed by atoms with Gasteiger partial charge in [0.05, 0.1) is 43.4 Å². The standard InChI is InChI=1S/C24H22FN3O4S/c1-3-32-24(30)18-10-17-19(12-28-9-8-26-14-28)23(29)22(31-2)11-20(17)27-21(18)13-33-16-6-4-15(25)5-7-16/h4-11,14,29H,3,12-13H2,1-2H3. The number of nitrogens with zero attached hydrogens (tertiary/aromatic N) is 3. The number of hydrogen-bond donors (Lipinski definition) is 1. The number of fused-ring (bicyclic) bond motifs is 1. The van der Waals surface area contributed by atoms with Gasteiger partial charge in [0.2, 0.25) is 0 Å². The molecule has 0 fully saturated rings. The van der Waals surface area contributed by atoms with Gasteiger partial charge < -0.3 is 19.1 Å². The van der Waals surface area contributed by atoms with Gasteiger partial charge in [-0.2, -0.15) is 0 Å². The summed E-state index contributed by atoms with van der Waals surface area (Å²) in [4.78, 5) is 22.4. The SMILES string of the molecule is CCOC(=O)c1cc2c(Cn3ccnc3)c(O)c(OC)cc2nc1CSc1ccc(F)cc1. The van der Waals surface area contributed by atoms with Crippen LogP contribution in [-0.2, 0) is 17.0 Å². The first kappa shape index (κ1) is 22.6. The van der Waals surface area contributed by atoms with E-state index in [9.17, 15) is 14.3 Å². The number of benzene rings is 2. The Morgan fingerprint density at radius 1 is 1.24 bits per heavy atom. The minimum absolute atomic E-state index is 0.0243. The van der Waals surface area contributed by atoms with Crippen LogP contribution >= 0.6 is 11.8 Å². The van der Waals surface area contributed by atoms with Gasteiger partial charge in [-0.15, -0.1) is 11.8 Å². The zero-order valence-corrected chi connectivity index (χ0v) is 18.9. The Morgan fingerprint density at radius 3 is 2.70 bits per heavy atom. The van der Waals surface area contributed by atoms with Crippen LogP contribution in [-0.4, -0.2) is 39.3 Å². The van der Waals surface area contributed by atoms with Crippen LogP contribution in [0.5, 0.6) is 11.5 Å². The minimum Gasteiger partial charge on any atom is -0.504 e. The van der Waals surface area contributed by atoms with Crippen molar-refractivity contribution in [1.29, 1.82) is 0 Å². The highest BCUT2D eigenvalue weighted by Gasteiger charge is 2.21. The van der Waals surface area contributed by atoms with E-state index in [4.69, 9.17) is 14.5 Å². The fourth-order valence-electron chi connectivity index (χ4n) is 3.44. The summed E-state index contributed by atoms with van der Waals surface area (Å²) in [5.74, 6) is -0.177. The van der Waals surface area contributed by atoms with Gasteiger partial charge in [0.15, 0.2) is 11.5 Å². The molecule has 0 saturated carbocycles. The summed E-state index contributed by atoms with van der Waals surface area (Å²) in [6, 6.07) is 9.47. The highest BCUT2D eigenvalue weighted by Crippen LogP contribution is 2.38. The van der Waals surface area contributed by atoms with E-state index in [2.05, 4.69) is 4.98 Å². The van der Waals surface area contributed by atoms with Gasteiger partial charge in [0.1, 0.15) is 5.82 Å². The van der Waals surface area contributed by atoms with E-state index in [1.165, 1.54) is 31.0 Å². The van der Waals surface area contributed by atoms with Crippen LogP contribution in [0, 0.1) is 5.82 Å². The Labute approximate surface area is 194 Å². The summed E-state index contributed by atoms with van der Waals surface area (Å²) < 4.78 is 25.7. The van der Waals surface area contributed by atoms with Gasteiger partial charge in [-0.05, 0) is 37.3 Å². The van der Waals surface area contributed by atoms with Crippen LogP contribution in [0.1, 0.15) is 28.5 Å². The number of pyridine rings is 1. The molecule has 4 aromatic rings. The third-order valence-electron chi connectivity index (χ3n) is 5.05. The molecule has 0 radical (unpaired) electrons. The molecule has 9 heteroatoms. The van der Waals surface area contributed by atoms with Crippen LogP contribution < -0.4 is 4.74 Å². The molecule has 0 aliphatic heterocycles. The second kappa shape index (κ2) is 9.91. The Hall–Kier alpha value is -3.59. The molecule has 0 amide bonds. The van der Waals surface area contributed by atoms with E-state index in [0.29, 0.717) is 40.0 Å².